The number of anilines is 1. The maximum Gasteiger partial charge on any atom is 0.123 e. The van der Waals surface area contributed by atoms with Crippen molar-refractivity contribution >= 4 is 5.69 Å². The van der Waals surface area contributed by atoms with E-state index in [9.17, 15) is 4.39 Å². The number of benzene rings is 1. The van der Waals surface area contributed by atoms with Gasteiger partial charge in [0, 0.05) is 11.9 Å². The van der Waals surface area contributed by atoms with Gasteiger partial charge in [0.1, 0.15) is 5.82 Å². The molecule has 0 aliphatic carbocycles. The molecule has 1 aromatic carbocycles. The van der Waals surface area contributed by atoms with Crippen LogP contribution in [0.15, 0.2) is 61.3 Å². The summed E-state index contributed by atoms with van der Waals surface area (Å²) < 4.78 is 12.8. The van der Waals surface area contributed by atoms with Crippen molar-refractivity contribution in [1.29, 1.82) is 0 Å². The lowest BCUT2D eigenvalue weighted by molar-refractivity contribution is 0.627. The number of halogens is 1. The van der Waals surface area contributed by atoms with E-state index in [2.05, 4.69) is 16.9 Å². The first-order valence-corrected chi connectivity index (χ1v) is 5.83. The van der Waals surface area contributed by atoms with Crippen molar-refractivity contribution in [2.45, 2.75) is 12.5 Å². The summed E-state index contributed by atoms with van der Waals surface area (Å²) in [5.41, 5.74) is 1.82. The van der Waals surface area contributed by atoms with E-state index in [0.29, 0.717) is 0 Å². The standard InChI is InChI=1S/C15H15FN2/c1-2-5-15(14-6-3-4-11-17-14)18-13-9-7-12(16)8-10-13/h2-4,6-11,15,18H,1,5H2. The van der Waals surface area contributed by atoms with Crippen molar-refractivity contribution in [2.24, 2.45) is 0 Å². The summed E-state index contributed by atoms with van der Waals surface area (Å²) in [7, 11) is 0. The van der Waals surface area contributed by atoms with Crippen molar-refractivity contribution in [3.8, 4) is 0 Å². The topological polar surface area (TPSA) is 24.9 Å². The van der Waals surface area contributed by atoms with Crippen LogP contribution in [0.3, 0.4) is 0 Å². The lowest BCUT2D eigenvalue weighted by atomic mass is 10.1. The van der Waals surface area contributed by atoms with Crippen molar-refractivity contribution in [3.63, 3.8) is 0 Å². The van der Waals surface area contributed by atoms with E-state index < -0.39 is 0 Å². The molecule has 1 unspecified atom stereocenters. The number of pyridine rings is 1. The molecular formula is C15H15FN2. The molecular weight excluding hydrogens is 227 g/mol. The van der Waals surface area contributed by atoms with Crippen molar-refractivity contribution in [1.82, 2.24) is 4.98 Å². The largest absolute Gasteiger partial charge is 0.376 e. The summed E-state index contributed by atoms with van der Waals surface area (Å²) in [6, 6.07) is 12.1. The summed E-state index contributed by atoms with van der Waals surface area (Å²) in [5, 5.41) is 3.32. The summed E-state index contributed by atoms with van der Waals surface area (Å²) in [4.78, 5) is 4.33. The van der Waals surface area contributed by atoms with E-state index in [0.717, 1.165) is 17.8 Å². The van der Waals surface area contributed by atoms with E-state index in [4.69, 9.17) is 0 Å². The summed E-state index contributed by atoms with van der Waals surface area (Å²) in [5.74, 6) is -0.237. The number of nitrogens with one attached hydrogen (secondary N) is 1. The van der Waals surface area contributed by atoms with Crippen LogP contribution < -0.4 is 5.32 Å². The molecule has 0 saturated carbocycles. The molecule has 2 nitrogen and oxygen atoms in total. The van der Waals surface area contributed by atoms with Crippen LogP contribution in [-0.4, -0.2) is 4.98 Å². The van der Waals surface area contributed by atoms with Gasteiger partial charge in [-0.25, -0.2) is 4.39 Å². The van der Waals surface area contributed by atoms with Gasteiger partial charge in [-0.15, -0.1) is 6.58 Å². The van der Waals surface area contributed by atoms with Crippen molar-refractivity contribution in [3.05, 3.63) is 72.8 Å². The maximum absolute atomic E-state index is 12.8. The minimum atomic E-state index is -0.237. The lowest BCUT2D eigenvalue weighted by Crippen LogP contribution is -2.11. The smallest absolute Gasteiger partial charge is 0.123 e. The van der Waals surface area contributed by atoms with Gasteiger partial charge in [0.05, 0.1) is 11.7 Å². The monoisotopic (exact) mass is 242 g/mol. The van der Waals surface area contributed by atoms with Crippen molar-refractivity contribution in [2.75, 3.05) is 5.32 Å². The average Bonchev–Trinajstić information content (AvgIpc) is 2.42. The predicted octanol–water partition coefficient (Wildman–Crippen LogP) is 3.95. The van der Waals surface area contributed by atoms with Gasteiger partial charge in [-0.3, -0.25) is 4.98 Å². The molecule has 1 aromatic heterocycles. The highest BCUT2D eigenvalue weighted by molar-refractivity contribution is 5.45. The van der Waals surface area contributed by atoms with Gasteiger partial charge < -0.3 is 5.32 Å². The van der Waals surface area contributed by atoms with Crippen molar-refractivity contribution < 1.29 is 4.39 Å². The Kier molecular flexibility index (Phi) is 4.07. The van der Waals surface area contributed by atoms with Gasteiger partial charge in [-0.05, 0) is 42.8 Å². The fourth-order valence-corrected chi connectivity index (χ4v) is 1.75. The molecule has 1 heterocycles. The Morgan fingerprint density at radius 1 is 1.22 bits per heavy atom. The molecule has 0 aliphatic rings. The fourth-order valence-electron chi connectivity index (χ4n) is 1.75. The molecule has 0 fully saturated rings. The van der Waals surface area contributed by atoms with Crippen LogP contribution in [0.1, 0.15) is 18.2 Å². The van der Waals surface area contributed by atoms with Crippen LogP contribution in [-0.2, 0) is 0 Å². The second-order valence-electron chi connectivity index (χ2n) is 3.98. The first-order valence-electron chi connectivity index (χ1n) is 5.83. The van der Waals surface area contributed by atoms with Gasteiger partial charge in [-0.2, -0.15) is 0 Å². The number of aromatic nitrogens is 1. The quantitative estimate of drug-likeness (QED) is 0.803. The highest BCUT2D eigenvalue weighted by Crippen LogP contribution is 2.21. The first-order chi connectivity index (χ1) is 8.79. The molecule has 92 valence electrons. The molecule has 2 aromatic rings. The van der Waals surface area contributed by atoms with Gasteiger partial charge in [0.15, 0.2) is 0 Å². The zero-order valence-corrected chi connectivity index (χ0v) is 10.0. The average molecular weight is 242 g/mol. The molecule has 0 spiro atoms. The Bertz CT molecular complexity index is 494. The third kappa shape index (κ3) is 3.17. The Labute approximate surface area is 106 Å². The molecule has 0 amide bonds. The number of rotatable bonds is 5. The summed E-state index contributed by atoms with van der Waals surface area (Å²) in [6.45, 7) is 3.75. The van der Waals surface area contributed by atoms with Crippen LogP contribution in [0.5, 0.6) is 0 Å². The zero-order valence-electron chi connectivity index (χ0n) is 10.0. The van der Waals surface area contributed by atoms with Crippen LogP contribution in [0.2, 0.25) is 0 Å². The molecule has 1 atom stereocenters. The molecule has 0 radical (unpaired) electrons. The van der Waals surface area contributed by atoms with Crippen LogP contribution >= 0.6 is 0 Å². The zero-order chi connectivity index (χ0) is 12.8. The van der Waals surface area contributed by atoms with E-state index in [1.165, 1.54) is 12.1 Å². The molecule has 0 bridgehead atoms. The maximum atomic E-state index is 12.8. The number of hydrogen-bond donors (Lipinski definition) is 1. The SMILES string of the molecule is C=CCC(Nc1ccc(F)cc1)c1ccccn1. The third-order valence-electron chi connectivity index (χ3n) is 2.63. The molecule has 1 N–H and O–H groups in total. The fraction of sp³-hybridized carbons (Fsp3) is 0.133. The van der Waals surface area contributed by atoms with Gasteiger partial charge in [-0.1, -0.05) is 12.1 Å². The highest BCUT2D eigenvalue weighted by atomic mass is 19.1. The molecule has 2 rings (SSSR count). The Morgan fingerprint density at radius 2 is 2.00 bits per heavy atom. The van der Waals surface area contributed by atoms with E-state index in [1.807, 2.05) is 24.3 Å². The Hall–Kier alpha value is -2.16. The van der Waals surface area contributed by atoms with Crippen LogP contribution in [0.25, 0.3) is 0 Å². The molecule has 3 heteroatoms. The van der Waals surface area contributed by atoms with Gasteiger partial charge in [0.2, 0.25) is 0 Å². The number of nitrogens with zero attached hydrogens (tertiary/aromatic N) is 1. The minimum absolute atomic E-state index is 0.0501. The Balaban J connectivity index is 2.16. The van der Waals surface area contributed by atoms with Gasteiger partial charge in [0.25, 0.3) is 0 Å². The minimum Gasteiger partial charge on any atom is -0.376 e. The van der Waals surface area contributed by atoms with Gasteiger partial charge >= 0.3 is 0 Å². The van der Waals surface area contributed by atoms with E-state index in [1.54, 1.807) is 18.3 Å². The molecule has 0 saturated heterocycles. The van der Waals surface area contributed by atoms with Crippen LogP contribution in [0.4, 0.5) is 10.1 Å². The molecule has 18 heavy (non-hydrogen) atoms. The van der Waals surface area contributed by atoms with Crippen LogP contribution in [0, 0.1) is 5.82 Å². The Morgan fingerprint density at radius 3 is 2.61 bits per heavy atom. The summed E-state index contributed by atoms with van der Waals surface area (Å²) in [6.07, 6.45) is 4.36. The summed E-state index contributed by atoms with van der Waals surface area (Å²) >= 11 is 0. The van der Waals surface area contributed by atoms with E-state index >= 15 is 0 Å². The molecule has 0 aliphatic heterocycles. The first kappa shape index (κ1) is 12.3. The predicted molar refractivity (Wildman–Crippen MR) is 71.8 cm³/mol. The third-order valence-corrected chi connectivity index (χ3v) is 2.63. The second-order valence-corrected chi connectivity index (χ2v) is 3.98. The lowest BCUT2D eigenvalue weighted by Gasteiger charge is -2.17. The van der Waals surface area contributed by atoms with E-state index in [-0.39, 0.29) is 11.9 Å². The second kappa shape index (κ2) is 5.96. The normalized spacial score (nSPS) is 11.8. The number of hydrogen-bond acceptors (Lipinski definition) is 2. The highest BCUT2D eigenvalue weighted by Gasteiger charge is 2.10.